The average Bonchev–Trinajstić information content (AvgIpc) is 2.88. The van der Waals surface area contributed by atoms with Gasteiger partial charge in [0.25, 0.3) is 0 Å². The Balaban J connectivity index is 2.37. The van der Waals surface area contributed by atoms with Crippen molar-refractivity contribution in [2.75, 3.05) is 6.61 Å². The fraction of sp³-hybridized carbons (Fsp3) is 0.400. The van der Waals surface area contributed by atoms with Crippen LogP contribution >= 0.6 is 11.6 Å². The first kappa shape index (κ1) is 15.5. The maximum Gasteiger partial charge on any atom is 0.323 e. The second-order valence-electron chi connectivity index (χ2n) is 4.54. The molecule has 1 heterocycles. The molecule has 21 heavy (non-hydrogen) atoms. The van der Waals surface area contributed by atoms with Crippen molar-refractivity contribution in [2.24, 2.45) is 0 Å². The van der Waals surface area contributed by atoms with Gasteiger partial charge >= 0.3 is 5.97 Å². The molecule has 2 rings (SSSR count). The van der Waals surface area contributed by atoms with Crippen molar-refractivity contribution < 1.29 is 14.1 Å². The third-order valence-electron chi connectivity index (χ3n) is 2.91. The van der Waals surface area contributed by atoms with E-state index in [1.54, 1.807) is 31.2 Å². The highest BCUT2D eigenvalue weighted by atomic mass is 35.5. The number of halogens is 1. The number of carbonyl (C=O) groups excluding carboxylic acids is 1. The molecule has 1 aromatic heterocycles. The van der Waals surface area contributed by atoms with Crippen LogP contribution in [0.3, 0.4) is 0 Å². The van der Waals surface area contributed by atoms with Gasteiger partial charge in [-0.15, -0.1) is 0 Å². The van der Waals surface area contributed by atoms with E-state index >= 15 is 0 Å². The summed E-state index contributed by atoms with van der Waals surface area (Å²) in [6, 6.07) is 7.00. The van der Waals surface area contributed by atoms with Gasteiger partial charge in [0, 0.05) is 11.4 Å². The van der Waals surface area contributed by atoms with Crippen molar-refractivity contribution in [3.05, 3.63) is 46.6 Å². The number of aromatic nitrogens is 2. The van der Waals surface area contributed by atoms with Crippen molar-refractivity contribution >= 4 is 17.6 Å². The Morgan fingerprint density at radius 2 is 2.24 bits per heavy atom. The molecule has 0 aliphatic heterocycles. The zero-order valence-corrected chi connectivity index (χ0v) is 12.8. The van der Waals surface area contributed by atoms with E-state index in [9.17, 15) is 4.79 Å². The molecule has 0 aliphatic carbocycles. The number of benzene rings is 1. The average molecular weight is 309 g/mol. The van der Waals surface area contributed by atoms with Crippen LogP contribution in [0.4, 0.5) is 0 Å². The maximum atomic E-state index is 12.2. The minimum Gasteiger partial charge on any atom is -0.465 e. The number of rotatable bonds is 6. The molecular formula is C15H17ClN2O3. The van der Waals surface area contributed by atoms with Gasteiger partial charge in [-0.05, 0) is 31.0 Å². The Morgan fingerprint density at radius 3 is 2.90 bits per heavy atom. The summed E-state index contributed by atoms with van der Waals surface area (Å²) in [4.78, 5) is 16.5. The van der Waals surface area contributed by atoms with Crippen LogP contribution in [0.15, 0.2) is 28.8 Å². The van der Waals surface area contributed by atoms with Gasteiger partial charge in [-0.2, -0.15) is 4.98 Å². The molecule has 2 aromatic rings. The molecule has 1 unspecified atom stereocenters. The van der Waals surface area contributed by atoms with E-state index in [2.05, 4.69) is 10.1 Å². The van der Waals surface area contributed by atoms with E-state index in [0.717, 1.165) is 6.42 Å². The normalized spacial score (nSPS) is 12.1. The molecule has 0 bridgehead atoms. The summed E-state index contributed by atoms with van der Waals surface area (Å²) in [5.41, 5.74) is 0.674. The quantitative estimate of drug-likeness (QED) is 0.765. The van der Waals surface area contributed by atoms with Crippen LogP contribution in [0.1, 0.15) is 43.5 Å². The number of hydrogen-bond donors (Lipinski definition) is 0. The summed E-state index contributed by atoms with van der Waals surface area (Å²) in [6.07, 6.45) is 1.61. The van der Waals surface area contributed by atoms with Crippen molar-refractivity contribution in [3.63, 3.8) is 0 Å². The van der Waals surface area contributed by atoms with Crippen LogP contribution in [0, 0.1) is 0 Å². The first-order valence-electron chi connectivity index (χ1n) is 6.90. The molecule has 5 nitrogen and oxygen atoms in total. The van der Waals surface area contributed by atoms with Gasteiger partial charge in [0.15, 0.2) is 11.7 Å². The lowest BCUT2D eigenvalue weighted by molar-refractivity contribution is -0.144. The molecule has 0 spiro atoms. The van der Waals surface area contributed by atoms with Crippen LogP contribution in [-0.2, 0) is 16.0 Å². The largest absolute Gasteiger partial charge is 0.465 e. The van der Waals surface area contributed by atoms with Gasteiger partial charge in [0.2, 0.25) is 5.89 Å². The Bertz CT molecular complexity index is 612. The highest BCUT2D eigenvalue weighted by Gasteiger charge is 2.30. The van der Waals surface area contributed by atoms with E-state index in [-0.39, 0.29) is 12.5 Å². The van der Waals surface area contributed by atoms with Crippen molar-refractivity contribution in [1.82, 2.24) is 10.1 Å². The monoisotopic (exact) mass is 308 g/mol. The minimum absolute atomic E-state index is 0.235. The SMILES string of the molecule is CCCc1noc(C(C(=O)OCC)c2cccc(Cl)c2)n1. The molecule has 0 radical (unpaired) electrons. The zero-order chi connectivity index (χ0) is 15.2. The number of esters is 1. The van der Waals surface area contributed by atoms with Crippen LogP contribution in [-0.4, -0.2) is 22.7 Å². The van der Waals surface area contributed by atoms with Crippen LogP contribution < -0.4 is 0 Å². The van der Waals surface area contributed by atoms with E-state index < -0.39 is 11.9 Å². The number of aryl methyl sites for hydroxylation is 1. The predicted molar refractivity (Wildman–Crippen MR) is 78.2 cm³/mol. The van der Waals surface area contributed by atoms with Gasteiger partial charge in [-0.1, -0.05) is 35.8 Å². The molecule has 1 aromatic carbocycles. The summed E-state index contributed by atoms with van der Waals surface area (Å²) in [6.45, 7) is 4.06. The molecule has 6 heteroatoms. The van der Waals surface area contributed by atoms with Gasteiger partial charge in [0.05, 0.1) is 6.61 Å². The van der Waals surface area contributed by atoms with E-state index in [4.69, 9.17) is 20.9 Å². The lowest BCUT2D eigenvalue weighted by Crippen LogP contribution is -2.17. The van der Waals surface area contributed by atoms with Crippen LogP contribution in [0.25, 0.3) is 0 Å². The second-order valence-corrected chi connectivity index (χ2v) is 4.98. The highest BCUT2D eigenvalue weighted by Crippen LogP contribution is 2.27. The van der Waals surface area contributed by atoms with Gasteiger partial charge in [0.1, 0.15) is 0 Å². The first-order chi connectivity index (χ1) is 10.2. The predicted octanol–water partition coefficient (Wildman–Crippen LogP) is 3.37. The Hall–Kier alpha value is -1.88. The van der Waals surface area contributed by atoms with Gasteiger partial charge in [-0.3, -0.25) is 4.79 Å². The van der Waals surface area contributed by atoms with Crippen LogP contribution in [0.5, 0.6) is 0 Å². The standard InChI is InChI=1S/C15H17ClN2O3/c1-3-6-12-17-14(21-18-12)13(15(19)20-4-2)10-7-5-8-11(16)9-10/h5,7-9,13H,3-4,6H2,1-2H3. The highest BCUT2D eigenvalue weighted by molar-refractivity contribution is 6.30. The van der Waals surface area contributed by atoms with E-state index in [1.165, 1.54) is 0 Å². The summed E-state index contributed by atoms with van der Waals surface area (Å²) in [7, 11) is 0. The molecule has 0 N–H and O–H groups in total. The van der Waals surface area contributed by atoms with Crippen LogP contribution in [0.2, 0.25) is 5.02 Å². The van der Waals surface area contributed by atoms with E-state index in [0.29, 0.717) is 22.8 Å². The topological polar surface area (TPSA) is 65.2 Å². The number of hydrogen-bond acceptors (Lipinski definition) is 5. The fourth-order valence-corrected chi connectivity index (χ4v) is 2.20. The van der Waals surface area contributed by atoms with Crippen molar-refractivity contribution in [3.8, 4) is 0 Å². The summed E-state index contributed by atoms with van der Waals surface area (Å²) in [5, 5.41) is 4.43. The molecule has 112 valence electrons. The third kappa shape index (κ3) is 3.82. The molecular weight excluding hydrogens is 292 g/mol. The Kier molecular flexibility index (Phi) is 5.33. The zero-order valence-electron chi connectivity index (χ0n) is 12.0. The Labute approximate surface area is 128 Å². The summed E-state index contributed by atoms with van der Waals surface area (Å²) >= 11 is 5.99. The summed E-state index contributed by atoms with van der Waals surface area (Å²) < 4.78 is 10.3. The summed E-state index contributed by atoms with van der Waals surface area (Å²) in [5.74, 6) is -0.351. The minimum atomic E-state index is -0.748. The lowest BCUT2D eigenvalue weighted by Gasteiger charge is -2.12. The smallest absolute Gasteiger partial charge is 0.323 e. The Morgan fingerprint density at radius 1 is 1.43 bits per heavy atom. The molecule has 0 saturated heterocycles. The van der Waals surface area contributed by atoms with E-state index in [1.807, 2.05) is 6.92 Å². The molecule has 0 aliphatic rings. The lowest BCUT2D eigenvalue weighted by atomic mass is 9.99. The molecule has 0 amide bonds. The molecule has 1 atom stereocenters. The number of ether oxygens (including phenoxy) is 1. The van der Waals surface area contributed by atoms with Crippen molar-refractivity contribution in [1.29, 1.82) is 0 Å². The maximum absolute atomic E-state index is 12.2. The number of carbonyl (C=O) groups is 1. The number of nitrogens with zero attached hydrogens (tertiary/aromatic N) is 2. The second kappa shape index (κ2) is 7.22. The first-order valence-corrected chi connectivity index (χ1v) is 7.28. The van der Waals surface area contributed by atoms with Gasteiger partial charge in [-0.25, -0.2) is 0 Å². The molecule has 0 fully saturated rings. The van der Waals surface area contributed by atoms with Crippen molar-refractivity contribution in [2.45, 2.75) is 32.6 Å². The molecule has 0 saturated carbocycles. The van der Waals surface area contributed by atoms with Gasteiger partial charge < -0.3 is 9.26 Å². The fourth-order valence-electron chi connectivity index (χ4n) is 2.00. The third-order valence-corrected chi connectivity index (χ3v) is 3.14.